The summed E-state index contributed by atoms with van der Waals surface area (Å²) in [6.45, 7) is 4.63. The number of piperazine rings is 1. The van der Waals surface area contributed by atoms with Crippen molar-refractivity contribution in [2.75, 3.05) is 45.2 Å². The molecule has 1 aliphatic heterocycles. The zero-order chi connectivity index (χ0) is 17.5. The Bertz CT molecular complexity index is 589. The number of nitrogens with zero attached hydrogens (tertiary/aromatic N) is 2. The van der Waals surface area contributed by atoms with E-state index in [2.05, 4.69) is 16.3 Å². The highest BCUT2D eigenvalue weighted by Crippen LogP contribution is 2.21. The molecule has 0 spiro atoms. The molecular weight excluding hydrogens is 314 g/mol. The van der Waals surface area contributed by atoms with Gasteiger partial charge in [-0.05, 0) is 56.4 Å². The molecule has 1 aliphatic carbocycles. The molecule has 1 saturated heterocycles. The lowest BCUT2D eigenvalue weighted by atomic mass is 9.97. The van der Waals surface area contributed by atoms with Crippen molar-refractivity contribution < 1.29 is 9.53 Å². The third-order valence-corrected chi connectivity index (χ3v) is 5.13. The van der Waals surface area contributed by atoms with Crippen LogP contribution in [-0.2, 0) is 0 Å². The molecule has 0 radical (unpaired) electrons. The fourth-order valence-corrected chi connectivity index (χ4v) is 3.48. The molecule has 1 aromatic rings. The van der Waals surface area contributed by atoms with E-state index in [0.717, 1.165) is 44.2 Å². The van der Waals surface area contributed by atoms with Gasteiger partial charge in [-0.2, -0.15) is 0 Å². The topological polar surface area (TPSA) is 44.8 Å². The smallest absolute Gasteiger partial charge is 0.321 e. The summed E-state index contributed by atoms with van der Waals surface area (Å²) in [5.41, 5.74) is 2.43. The summed E-state index contributed by atoms with van der Waals surface area (Å²) >= 11 is 0. The average molecular weight is 343 g/mol. The molecule has 25 heavy (non-hydrogen) atoms. The molecule has 1 aromatic carbocycles. The number of ether oxygens (including phenoxy) is 1. The molecule has 136 valence electrons. The minimum Gasteiger partial charge on any atom is -0.497 e. The van der Waals surface area contributed by atoms with Crippen LogP contribution in [0.3, 0.4) is 0 Å². The summed E-state index contributed by atoms with van der Waals surface area (Å²) in [7, 11) is 1.64. The van der Waals surface area contributed by atoms with E-state index in [-0.39, 0.29) is 6.03 Å². The van der Waals surface area contributed by atoms with Gasteiger partial charge in [0.1, 0.15) is 5.75 Å². The number of urea groups is 1. The van der Waals surface area contributed by atoms with Gasteiger partial charge in [0.25, 0.3) is 0 Å². The Hall–Kier alpha value is -2.01. The average Bonchev–Trinajstić information content (AvgIpc) is 2.68. The molecule has 1 heterocycles. The lowest BCUT2D eigenvalue weighted by Crippen LogP contribution is -2.50. The second-order valence-electron chi connectivity index (χ2n) is 6.85. The van der Waals surface area contributed by atoms with Gasteiger partial charge in [-0.25, -0.2) is 4.79 Å². The maximum Gasteiger partial charge on any atom is 0.321 e. The van der Waals surface area contributed by atoms with Crippen LogP contribution in [0.5, 0.6) is 5.75 Å². The Morgan fingerprint density at radius 3 is 2.52 bits per heavy atom. The van der Waals surface area contributed by atoms with E-state index in [4.69, 9.17) is 4.74 Å². The van der Waals surface area contributed by atoms with E-state index in [1.165, 1.54) is 32.1 Å². The quantitative estimate of drug-likeness (QED) is 0.829. The first kappa shape index (κ1) is 17.8. The predicted octanol–water partition coefficient (Wildman–Crippen LogP) is 3.74. The maximum absolute atomic E-state index is 12.4. The number of amides is 2. The number of carbonyl (C=O) groups is 1. The van der Waals surface area contributed by atoms with Gasteiger partial charge in [-0.1, -0.05) is 11.6 Å². The van der Waals surface area contributed by atoms with Crippen LogP contribution in [0.1, 0.15) is 32.1 Å². The number of rotatable bonds is 5. The van der Waals surface area contributed by atoms with Crippen molar-refractivity contribution in [1.29, 1.82) is 0 Å². The molecule has 0 aromatic heterocycles. The summed E-state index contributed by atoms with van der Waals surface area (Å²) in [6.07, 6.45) is 8.87. The summed E-state index contributed by atoms with van der Waals surface area (Å²) in [6, 6.07) is 7.43. The van der Waals surface area contributed by atoms with Crippen molar-refractivity contribution in [3.05, 3.63) is 35.9 Å². The standard InChI is InChI=1S/C20H29N3O2/c1-25-19-9-7-18(8-10-19)21-20(24)23-15-13-22(14-16-23)12-11-17-5-3-2-4-6-17/h5,7-10H,2-4,6,11-16H2,1H3,(H,21,24). The first-order valence-corrected chi connectivity index (χ1v) is 9.35. The van der Waals surface area contributed by atoms with Crippen LogP contribution in [0, 0.1) is 0 Å². The number of hydrogen-bond acceptors (Lipinski definition) is 3. The van der Waals surface area contributed by atoms with Gasteiger partial charge in [-0.15, -0.1) is 0 Å². The van der Waals surface area contributed by atoms with Gasteiger partial charge < -0.3 is 15.0 Å². The zero-order valence-corrected chi connectivity index (χ0v) is 15.2. The van der Waals surface area contributed by atoms with Crippen molar-refractivity contribution >= 4 is 11.7 Å². The molecule has 5 heteroatoms. The normalized spacial score (nSPS) is 18.6. The van der Waals surface area contributed by atoms with Gasteiger partial charge in [0.15, 0.2) is 0 Å². The predicted molar refractivity (Wildman–Crippen MR) is 101 cm³/mol. The van der Waals surface area contributed by atoms with Crippen molar-refractivity contribution in [3.63, 3.8) is 0 Å². The number of nitrogens with one attached hydrogen (secondary N) is 1. The fraction of sp³-hybridized carbons (Fsp3) is 0.550. The van der Waals surface area contributed by atoms with Gasteiger partial charge >= 0.3 is 6.03 Å². The van der Waals surface area contributed by atoms with Crippen LogP contribution < -0.4 is 10.1 Å². The maximum atomic E-state index is 12.4. The molecular formula is C20H29N3O2. The van der Waals surface area contributed by atoms with E-state index < -0.39 is 0 Å². The first-order valence-electron chi connectivity index (χ1n) is 9.35. The first-order chi connectivity index (χ1) is 12.2. The molecule has 2 aliphatic rings. The zero-order valence-electron chi connectivity index (χ0n) is 15.2. The van der Waals surface area contributed by atoms with Crippen LogP contribution in [0.15, 0.2) is 35.9 Å². The lowest BCUT2D eigenvalue weighted by molar-refractivity contribution is 0.148. The Morgan fingerprint density at radius 1 is 1.12 bits per heavy atom. The van der Waals surface area contributed by atoms with Crippen LogP contribution >= 0.6 is 0 Å². The summed E-state index contributed by atoms with van der Waals surface area (Å²) in [5.74, 6) is 0.791. The highest BCUT2D eigenvalue weighted by Gasteiger charge is 2.21. The van der Waals surface area contributed by atoms with Crippen molar-refractivity contribution in [2.45, 2.75) is 32.1 Å². The van der Waals surface area contributed by atoms with Crippen molar-refractivity contribution in [2.24, 2.45) is 0 Å². The number of benzene rings is 1. The molecule has 3 rings (SSSR count). The number of anilines is 1. The highest BCUT2D eigenvalue weighted by atomic mass is 16.5. The Labute approximate surface area is 150 Å². The van der Waals surface area contributed by atoms with Gasteiger partial charge in [0.05, 0.1) is 7.11 Å². The van der Waals surface area contributed by atoms with Crippen LogP contribution in [0.25, 0.3) is 0 Å². The van der Waals surface area contributed by atoms with Gasteiger partial charge in [0, 0.05) is 38.4 Å². The van der Waals surface area contributed by atoms with Crippen molar-refractivity contribution in [3.8, 4) is 5.75 Å². The highest BCUT2D eigenvalue weighted by molar-refractivity contribution is 5.89. The van der Waals surface area contributed by atoms with Gasteiger partial charge in [0.2, 0.25) is 0 Å². The second kappa shape index (κ2) is 8.90. The Morgan fingerprint density at radius 2 is 1.88 bits per heavy atom. The fourth-order valence-electron chi connectivity index (χ4n) is 3.48. The number of allylic oxidation sites excluding steroid dienone is 1. The third kappa shape index (κ3) is 5.23. The van der Waals surface area contributed by atoms with Gasteiger partial charge in [-0.3, -0.25) is 4.90 Å². The Balaban J connectivity index is 1.40. The molecule has 0 atom stereocenters. The minimum absolute atomic E-state index is 0.0141. The molecule has 0 bridgehead atoms. The van der Waals surface area contributed by atoms with E-state index >= 15 is 0 Å². The molecule has 1 N–H and O–H groups in total. The van der Waals surface area contributed by atoms with E-state index in [1.54, 1.807) is 12.7 Å². The lowest BCUT2D eigenvalue weighted by Gasteiger charge is -2.35. The second-order valence-corrected chi connectivity index (χ2v) is 6.85. The van der Waals surface area contributed by atoms with Crippen LogP contribution in [0.2, 0.25) is 0 Å². The van der Waals surface area contributed by atoms with E-state index in [1.807, 2.05) is 29.2 Å². The van der Waals surface area contributed by atoms with Crippen LogP contribution in [0.4, 0.5) is 10.5 Å². The van der Waals surface area contributed by atoms with Crippen LogP contribution in [-0.4, -0.2) is 55.7 Å². The largest absolute Gasteiger partial charge is 0.497 e. The molecule has 1 fully saturated rings. The Kier molecular flexibility index (Phi) is 6.34. The molecule has 2 amide bonds. The molecule has 0 saturated carbocycles. The third-order valence-electron chi connectivity index (χ3n) is 5.13. The summed E-state index contributed by atoms with van der Waals surface area (Å²) < 4.78 is 5.14. The minimum atomic E-state index is -0.0141. The SMILES string of the molecule is COc1ccc(NC(=O)N2CCN(CCC3=CCCCC3)CC2)cc1. The summed E-state index contributed by atoms with van der Waals surface area (Å²) in [5, 5.41) is 2.97. The molecule has 5 nitrogen and oxygen atoms in total. The number of carbonyl (C=O) groups excluding carboxylic acids is 1. The van der Waals surface area contributed by atoms with E-state index in [9.17, 15) is 4.79 Å². The van der Waals surface area contributed by atoms with Crippen molar-refractivity contribution in [1.82, 2.24) is 9.80 Å². The monoisotopic (exact) mass is 343 g/mol. The molecule has 0 unspecified atom stereocenters. The number of hydrogen-bond donors (Lipinski definition) is 1. The number of methoxy groups -OCH3 is 1. The van der Waals surface area contributed by atoms with E-state index in [0.29, 0.717) is 0 Å². The summed E-state index contributed by atoms with van der Waals surface area (Å²) in [4.78, 5) is 16.8.